The van der Waals surface area contributed by atoms with Crippen molar-refractivity contribution in [3.8, 4) is 11.5 Å². The van der Waals surface area contributed by atoms with Crippen LogP contribution < -0.4 is 14.8 Å². The number of halogens is 1. The van der Waals surface area contributed by atoms with E-state index in [9.17, 15) is 4.79 Å². The maximum atomic E-state index is 12.4. The van der Waals surface area contributed by atoms with Crippen LogP contribution in [0.25, 0.3) is 0 Å². The van der Waals surface area contributed by atoms with Gasteiger partial charge in [0, 0.05) is 17.3 Å². The first kappa shape index (κ1) is 18.3. The molecule has 0 saturated heterocycles. The van der Waals surface area contributed by atoms with Gasteiger partial charge in [0.1, 0.15) is 11.5 Å². The number of hydrogen-bond donors (Lipinski definition) is 1. The van der Waals surface area contributed by atoms with Gasteiger partial charge in [-0.3, -0.25) is 4.79 Å². The van der Waals surface area contributed by atoms with Crippen molar-refractivity contribution < 1.29 is 14.3 Å². The second-order valence-corrected chi connectivity index (χ2v) is 6.72. The Morgan fingerprint density at radius 3 is 2.67 bits per heavy atom. The summed E-state index contributed by atoms with van der Waals surface area (Å²) in [5.41, 5.74) is 1.25. The van der Waals surface area contributed by atoms with Gasteiger partial charge < -0.3 is 14.8 Å². The molecule has 0 aliphatic rings. The zero-order valence-electron chi connectivity index (χ0n) is 14.1. The zero-order valence-corrected chi connectivity index (χ0v) is 15.7. The van der Waals surface area contributed by atoms with E-state index in [4.69, 9.17) is 9.47 Å². The van der Waals surface area contributed by atoms with Crippen molar-refractivity contribution in [2.75, 3.05) is 19.0 Å². The van der Waals surface area contributed by atoms with E-state index in [0.29, 0.717) is 29.5 Å². The van der Waals surface area contributed by atoms with Crippen LogP contribution in [-0.2, 0) is 0 Å². The lowest BCUT2D eigenvalue weighted by Crippen LogP contribution is -2.12. The van der Waals surface area contributed by atoms with Gasteiger partial charge in [0.15, 0.2) is 0 Å². The van der Waals surface area contributed by atoms with Crippen LogP contribution >= 0.6 is 15.9 Å². The number of amides is 1. The van der Waals surface area contributed by atoms with Gasteiger partial charge in [-0.15, -0.1) is 0 Å². The molecule has 2 aromatic carbocycles. The van der Waals surface area contributed by atoms with Gasteiger partial charge in [0.2, 0.25) is 0 Å². The van der Waals surface area contributed by atoms with Crippen molar-refractivity contribution in [3.63, 3.8) is 0 Å². The van der Waals surface area contributed by atoms with Crippen LogP contribution in [0.4, 0.5) is 5.69 Å². The fourth-order valence-electron chi connectivity index (χ4n) is 2.09. The molecule has 0 heterocycles. The Hall–Kier alpha value is -2.01. The summed E-state index contributed by atoms with van der Waals surface area (Å²) in [7, 11) is 1.59. The summed E-state index contributed by atoms with van der Waals surface area (Å²) >= 11 is 3.39. The standard InChI is InChI=1S/C19H22BrNO3/c1-13(2)9-10-24-16-6-4-5-15(12-16)21-19(22)14-7-8-18(23-3)17(20)11-14/h4-8,11-13H,9-10H2,1-3H3,(H,21,22). The summed E-state index contributed by atoms with van der Waals surface area (Å²) in [6.45, 7) is 4.99. The predicted molar refractivity (Wildman–Crippen MR) is 100 cm³/mol. The highest BCUT2D eigenvalue weighted by Gasteiger charge is 2.10. The number of methoxy groups -OCH3 is 1. The molecule has 0 unspecified atom stereocenters. The summed E-state index contributed by atoms with van der Waals surface area (Å²) in [5.74, 6) is 1.86. The van der Waals surface area contributed by atoms with Crippen molar-refractivity contribution in [2.45, 2.75) is 20.3 Å². The van der Waals surface area contributed by atoms with Crippen molar-refractivity contribution in [3.05, 3.63) is 52.5 Å². The second kappa shape index (κ2) is 8.73. The number of carbonyl (C=O) groups is 1. The minimum absolute atomic E-state index is 0.183. The number of ether oxygens (including phenoxy) is 2. The fourth-order valence-corrected chi connectivity index (χ4v) is 2.63. The maximum absolute atomic E-state index is 12.4. The predicted octanol–water partition coefficient (Wildman–Crippen LogP) is 5.13. The van der Waals surface area contributed by atoms with E-state index in [1.807, 2.05) is 24.3 Å². The molecule has 24 heavy (non-hydrogen) atoms. The quantitative estimate of drug-likeness (QED) is 0.710. The van der Waals surface area contributed by atoms with Crippen LogP contribution in [0.2, 0.25) is 0 Å². The maximum Gasteiger partial charge on any atom is 0.255 e. The topological polar surface area (TPSA) is 47.6 Å². The third kappa shape index (κ3) is 5.27. The average molecular weight is 392 g/mol. The molecule has 0 spiro atoms. The molecule has 128 valence electrons. The molecule has 0 radical (unpaired) electrons. The first-order chi connectivity index (χ1) is 11.5. The van der Waals surface area contributed by atoms with E-state index < -0.39 is 0 Å². The van der Waals surface area contributed by atoms with E-state index in [-0.39, 0.29) is 5.91 Å². The summed E-state index contributed by atoms with van der Waals surface area (Å²) in [6, 6.07) is 12.6. The Kier molecular flexibility index (Phi) is 6.67. The zero-order chi connectivity index (χ0) is 17.5. The van der Waals surface area contributed by atoms with Crippen LogP contribution in [0.3, 0.4) is 0 Å². The Morgan fingerprint density at radius 2 is 2.00 bits per heavy atom. The third-order valence-corrected chi connectivity index (χ3v) is 4.09. The lowest BCUT2D eigenvalue weighted by molar-refractivity contribution is 0.102. The van der Waals surface area contributed by atoms with Crippen LogP contribution in [0.5, 0.6) is 11.5 Å². The molecule has 0 atom stereocenters. The minimum Gasteiger partial charge on any atom is -0.496 e. The first-order valence-electron chi connectivity index (χ1n) is 7.87. The highest BCUT2D eigenvalue weighted by Crippen LogP contribution is 2.26. The molecule has 5 heteroatoms. The van der Waals surface area contributed by atoms with Gasteiger partial charge in [-0.05, 0) is 58.6 Å². The van der Waals surface area contributed by atoms with Gasteiger partial charge in [-0.2, -0.15) is 0 Å². The SMILES string of the molecule is COc1ccc(C(=O)Nc2cccc(OCCC(C)C)c2)cc1Br. The molecule has 0 fully saturated rings. The smallest absolute Gasteiger partial charge is 0.255 e. The van der Waals surface area contributed by atoms with Gasteiger partial charge in [-0.25, -0.2) is 0 Å². The number of nitrogens with one attached hydrogen (secondary N) is 1. The highest BCUT2D eigenvalue weighted by molar-refractivity contribution is 9.10. The molecular weight excluding hydrogens is 370 g/mol. The van der Waals surface area contributed by atoms with Gasteiger partial charge >= 0.3 is 0 Å². The monoisotopic (exact) mass is 391 g/mol. The third-order valence-electron chi connectivity index (χ3n) is 3.47. The lowest BCUT2D eigenvalue weighted by atomic mass is 10.1. The van der Waals surface area contributed by atoms with Gasteiger partial charge in [0.05, 0.1) is 18.2 Å². The number of benzene rings is 2. The van der Waals surface area contributed by atoms with Crippen LogP contribution in [0, 0.1) is 5.92 Å². The van der Waals surface area contributed by atoms with Gasteiger partial charge in [0.25, 0.3) is 5.91 Å². The largest absolute Gasteiger partial charge is 0.496 e. The Morgan fingerprint density at radius 1 is 1.21 bits per heavy atom. The summed E-state index contributed by atoms with van der Waals surface area (Å²) < 4.78 is 11.6. The first-order valence-corrected chi connectivity index (χ1v) is 8.66. The Balaban J connectivity index is 2.02. The molecule has 4 nitrogen and oxygen atoms in total. The number of carbonyl (C=O) groups excluding carboxylic acids is 1. The molecule has 1 amide bonds. The molecule has 2 aromatic rings. The fraction of sp³-hybridized carbons (Fsp3) is 0.316. The molecule has 0 saturated carbocycles. The molecule has 1 N–H and O–H groups in total. The van der Waals surface area contributed by atoms with Gasteiger partial charge in [-0.1, -0.05) is 19.9 Å². The lowest BCUT2D eigenvalue weighted by Gasteiger charge is -2.11. The van der Waals surface area contributed by atoms with E-state index in [1.165, 1.54) is 0 Å². The van der Waals surface area contributed by atoms with Crippen molar-refractivity contribution in [1.29, 1.82) is 0 Å². The van der Waals surface area contributed by atoms with Crippen LogP contribution in [-0.4, -0.2) is 19.6 Å². The molecule has 0 aromatic heterocycles. The molecule has 2 rings (SSSR count). The van der Waals surface area contributed by atoms with Crippen molar-refractivity contribution in [2.24, 2.45) is 5.92 Å². The van der Waals surface area contributed by atoms with Crippen molar-refractivity contribution >= 4 is 27.5 Å². The van der Waals surface area contributed by atoms with E-state index in [1.54, 1.807) is 25.3 Å². The van der Waals surface area contributed by atoms with E-state index in [2.05, 4.69) is 35.1 Å². The Bertz CT molecular complexity index is 701. The minimum atomic E-state index is -0.183. The molecule has 0 aliphatic carbocycles. The van der Waals surface area contributed by atoms with Crippen LogP contribution in [0.1, 0.15) is 30.6 Å². The molecule has 0 bridgehead atoms. The summed E-state index contributed by atoms with van der Waals surface area (Å²) in [5, 5.41) is 2.88. The van der Waals surface area contributed by atoms with Crippen LogP contribution in [0.15, 0.2) is 46.9 Å². The number of anilines is 1. The number of hydrogen-bond acceptors (Lipinski definition) is 3. The van der Waals surface area contributed by atoms with Crippen molar-refractivity contribution in [1.82, 2.24) is 0 Å². The highest BCUT2D eigenvalue weighted by atomic mass is 79.9. The average Bonchev–Trinajstić information content (AvgIpc) is 2.54. The second-order valence-electron chi connectivity index (χ2n) is 5.86. The Labute approximate surface area is 151 Å². The number of rotatable bonds is 7. The molecular formula is C19H22BrNO3. The van der Waals surface area contributed by atoms with E-state index in [0.717, 1.165) is 16.6 Å². The summed E-state index contributed by atoms with van der Waals surface area (Å²) in [4.78, 5) is 12.4. The summed E-state index contributed by atoms with van der Waals surface area (Å²) in [6.07, 6.45) is 0.996. The normalized spacial score (nSPS) is 10.5. The van der Waals surface area contributed by atoms with E-state index >= 15 is 0 Å². The molecule has 0 aliphatic heterocycles.